The zero-order valence-electron chi connectivity index (χ0n) is 20.3. The molecule has 36 heavy (non-hydrogen) atoms. The molecule has 3 rings (SSSR count). The quantitative estimate of drug-likeness (QED) is 0.264. The number of carbonyl (C=O) groups is 1. The van der Waals surface area contributed by atoms with E-state index in [9.17, 15) is 18.3 Å². The minimum Gasteiger partial charge on any atom is -0.497 e. The van der Waals surface area contributed by atoms with Gasteiger partial charge in [0, 0.05) is 26.1 Å². The third kappa shape index (κ3) is 8.76. The summed E-state index contributed by atoms with van der Waals surface area (Å²) < 4.78 is 32.4. The predicted molar refractivity (Wildman–Crippen MR) is 139 cm³/mol. The normalized spacial score (nSPS) is 13.1. The molecule has 4 N–H and O–H groups in total. The van der Waals surface area contributed by atoms with E-state index < -0.39 is 22.2 Å². The van der Waals surface area contributed by atoms with Gasteiger partial charge in [-0.15, -0.1) is 0 Å². The van der Waals surface area contributed by atoms with E-state index in [0.29, 0.717) is 13.0 Å². The highest BCUT2D eigenvalue weighted by Gasteiger charge is 2.22. The Hall–Kier alpha value is -3.24. The van der Waals surface area contributed by atoms with E-state index in [-0.39, 0.29) is 30.3 Å². The van der Waals surface area contributed by atoms with Gasteiger partial charge in [0.25, 0.3) is 0 Å². The third-order valence-electron chi connectivity index (χ3n) is 5.62. The molecule has 192 valence electrons. The van der Waals surface area contributed by atoms with Gasteiger partial charge in [0.1, 0.15) is 5.75 Å². The van der Waals surface area contributed by atoms with Crippen molar-refractivity contribution in [2.75, 3.05) is 20.2 Å². The molecule has 8 nitrogen and oxygen atoms in total. The molecule has 2 atom stereocenters. The third-order valence-corrected chi connectivity index (χ3v) is 7.10. The molecule has 0 aliphatic carbocycles. The highest BCUT2D eigenvalue weighted by Crippen LogP contribution is 2.13. The zero-order valence-corrected chi connectivity index (χ0v) is 21.1. The van der Waals surface area contributed by atoms with Crippen molar-refractivity contribution in [1.82, 2.24) is 15.4 Å². The Bertz CT molecular complexity index is 1190. The van der Waals surface area contributed by atoms with E-state index in [0.717, 1.165) is 16.9 Å². The first-order chi connectivity index (χ1) is 17.4. The van der Waals surface area contributed by atoms with Crippen molar-refractivity contribution in [3.63, 3.8) is 0 Å². The number of amides is 1. The minimum absolute atomic E-state index is 0.0503. The highest BCUT2D eigenvalue weighted by molar-refractivity contribution is 7.89. The Kier molecular flexibility index (Phi) is 10.4. The molecular weight excluding hydrogens is 478 g/mol. The molecule has 9 heteroatoms. The second-order valence-electron chi connectivity index (χ2n) is 8.37. The molecule has 0 heterocycles. The van der Waals surface area contributed by atoms with Crippen molar-refractivity contribution in [2.24, 2.45) is 0 Å². The maximum Gasteiger partial charge on any atom is 0.240 e. The number of hydrogen-bond acceptors (Lipinski definition) is 6. The van der Waals surface area contributed by atoms with Crippen molar-refractivity contribution in [1.29, 1.82) is 0 Å². The summed E-state index contributed by atoms with van der Waals surface area (Å²) in [5.41, 5.74) is 1.98. The van der Waals surface area contributed by atoms with Crippen LogP contribution in [0.3, 0.4) is 0 Å². The Morgan fingerprint density at radius 2 is 1.61 bits per heavy atom. The van der Waals surface area contributed by atoms with Gasteiger partial charge in [0.15, 0.2) is 0 Å². The Morgan fingerprint density at radius 3 is 2.31 bits per heavy atom. The fourth-order valence-electron chi connectivity index (χ4n) is 3.70. The first kappa shape index (κ1) is 27.3. The molecule has 0 unspecified atom stereocenters. The summed E-state index contributed by atoms with van der Waals surface area (Å²) in [5, 5.41) is 17.0. The first-order valence-electron chi connectivity index (χ1n) is 11.8. The van der Waals surface area contributed by atoms with Gasteiger partial charge in [-0.05, 0) is 41.8 Å². The first-order valence-corrected chi connectivity index (χ1v) is 13.3. The van der Waals surface area contributed by atoms with E-state index in [1.807, 2.05) is 54.6 Å². The second kappa shape index (κ2) is 13.7. The molecule has 0 aromatic heterocycles. The number of hydrogen-bond donors (Lipinski definition) is 4. The maximum atomic E-state index is 12.6. The molecule has 0 bridgehead atoms. The van der Waals surface area contributed by atoms with Crippen LogP contribution in [0.25, 0.3) is 0 Å². The molecule has 0 fully saturated rings. The lowest BCUT2D eigenvalue weighted by atomic mass is 10.0. The van der Waals surface area contributed by atoms with Crippen LogP contribution in [-0.2, 0) is 27.8 Å². The number of nitrogens with one attached hydrogen (secondary N) is 3. The summed E-state index contributed by atoms with van der Waals surface area (Å²) in [6.45, 7) is 0.739. The summed E-state index contributed by atoms with van der Waals surface area (Å²) >= 11 is 0. The van der Waals surface area contributed by atoms with Gasteiger partial charge in [-0.2, -0.15) is 0 Å². The number of benzene rings is 3. The molecular formula is C27H33N3O5S. The summed E-state index contributed by atoms with van der Waals surface area (Å²) in [7, 11) is -2.08. The lowest BCUT2D eigenvalue weighted by molar-refractivity contribution is -0.122. The number of sulfonamides is 1. The van der Waals surface area contributed by atoms with E-state index in [1.165, 1.54) is 12.1 Å². The van der Waals surface area contributed by atoms with Gasteiger partial charge in [-0.3, -0.25) is 4.79 Å². The molecule has 3 aromatic carbocycles. The molecule has 0 radical (unpaired) electrons. The number of methoxy groups -OCH3 is 1. The topological polar surface area (TPSA) is 117 Å². The maximum absolute atomic E-state index is 12.6. The smallest absolute Gasteiger partial charge is 0.240 e. The van der Waals surface area contributed by atoms with Crippen LogP contribution in [0.15, 0.2) is 89.8 Å². The number of aliphatic hydroxyl groups is 1. The minimum atomic E-state index is -3.69. The van der Waals surface area contributed by atoms with E-state index in [4.69, 9.17) is 4.74 Å². The molecule has 0 spiro atoms. The number of ether oxygens (including phenoxy) is 1. The van der Waals surface area contributed by atoms with Gasteiger partial charge in [0.2, 0.25) is 15.9 Å². The van der Waals surface area contributed by atoms with Crippen LogP contribution in [-0.4, -0.2) is 51.8 Å². The van der Waals surface area contributed by atoms with Gasteiger partial charge >= 0.3 is 0 Å². The average molecular weight is 512 g/mol. The van der Waals surface area contributed by atoms with Crippen molar-refractivity contribution in [3.05, 3.63) is 96.1 Å². The SMILES string of the molecule is COc1cccc(CNC[C@@H](O)[C@H](Cc2ccccc2)NC(=O)CCNS(=O)(=O)c2ccccc2)c1. The number of aliphatic hydroxyl groups excluding tert-OH is 1. The predicted octanol–water partition coefficient (Wildman–Crippen LogP) is 2.24. The fourth-order valence-corrected chi connectivity index (χ4v) is 4.75. The Morgan fingerprint density at radius 1 is 0.944 bits per heavy atom. The Labute approximate surface area is 212 Å². The summed E-state index contributed by atoms with van der Waals surface area (Å²) in [6.07, 6.45) is -0.480. The summed E-state index contributed by atoms with van der Waals surface area (Å²) in [6, 6.07) is 24.7. The van der Waals surface area contributed by atoms with Gasteiger partial charge in [0.05, 0.1) is 24.2 Å². The molecule has 0 saturated heterocycles. The van der Waals surface area contributed by atoms with E-state index in [1.54, 1.807) is 25.3 Å². The van der Waals surface area contributed by atoms with Crippen LogP contribution in [0.2, 0.25) is 0 Å². The monoisotopic (exact) mass is 511 g/mol. The summed E-state index contributed by atoms with van der Waals surface area (Å²) in [5.74, 6) is 0.408. The van der Waals surface area contributed by atoms with Gasteiger partial charge in [-0.1, -0.05) is 60.7 Å². The second-order valence-corrected chi connectivity index (χ2v) is 10.1. The van der Waals surface area contributed by atoms with Gasteiger partial charge < -0.3 is 20.5 Å². The fraction of sp³-hybridized carbons (Fsp3) is 0.296. The zero-order chi connectivity index (χ0) is 25.8. The van der Waals surface area contributed by atoms with Crippen LogP contribution < -0.4 is 20.1 Å². The summed E-state index contributed by atoms with van der Waals surface area (Å²) in [4.78, 5) is 12.8. The van der Waals surface area contributed by atoms with E-state index >= 15 is 0 Å². The van der Waals surface area contributed by atoms with E-state index in [2.05, 4.69) is 15.4 Å². The van der Waals surface area contributed by atoms with Crippen molar-refractivity contribution in [2.45, 2.75) is 36.4 Å². The number of rotatable bonds is 14. The lowest BCUT2D eigenvalue weighted by Gasteiger charge is -2.25. The van der Waals surface area contributed by atoms with Crippen molar-refractivity contribution >= 4 is 15.9 Å². The van der Waals surface area contributed by atoms with Crippen LogP contribution in [0.4, 0.5) is 0 Å². The van der Waals surface area contributed by atoms with Crippen molar-refractivity contribution in [3.8, 4) is 5.75 Å². The number of carbonyl (C=O) groups excluding carboxylic acids is 1. The van der Waals surface area contributed by atoms with Crippen LogP contribution in [0, 0.1) is 0 Å². The molecule has 0 aliphatic rings. The molecule has 0 saturated carbocycles. The van der Waals surface area contributed by atoms with Crippen LogP contribution in [0.1, 0.15) is 17.5 Å². The van der Waals surface area contributed by atoms with Crippen LogP contribution >= 0.6 is 0 Å². The molecule has 1 amide bonds. The molecule has 3 aromatic rings. The largest absolute Gasteiger partial charge is 0.497 e. The van der Waals surface area contributed by atoms with Crippen molar-refractivity contribution < 1.29 is 23.1 Å². The standard InChI is InChI=1S/C27H33N3O5S/c1-35-23-12-8-11-22(17-23)19-28-20-26(31)25(18-21-9-4-2-5-10-21)30-27(32)15-16-29-36(33,34)24-13-6-3-7-14-24/h2-14,17,25-26,28-29,31H,15-16,18-20H2,1H3,(H,30,32)/t25-,26+/m0/s1. The van der Waals surface area contributed by atoms with Gasteiger partial charge in [-0.25, -0.2) is 13.1 Å². The van der Waals surface area contributed by atoms with Crippen LogP contribution in [0.5, 0.6) is 5.75 Å². The Balaban J connectivity index is 1.55. The lowest BCUT2D eigenvalue weighted by Crippen LogP contribution is -2.49. The average Bonchev–Trinajstić information content (AvgIpc) is 2.89. The highest BCUT2D eigenvalue weighted by atomic mass is 32.2. The molecule has 0 aliphatic heterocycles.